The SMILES string of the molecule is BrC(Br)=C(C#Cc1ccccc1)c1ccccc1. The first-order valence-corrected chi connectivity index (χ1v) is 7.04. The van der Waals surface area contributed by atoms with E-state index in [0.717, 1.165) is 20.1 Å². The lowest BCUT2D eigenvalue weighted by Gasteiger charge is -2.00. The molecule has 0 radical (unpaired) electrons. The van der Waals surface area contributed by atoms with Crippen molar-refractivity contribution < 1.29 is 0 Å². The standard InChI is InChI=1S/C16H10Br2/c17-16(18)15(14-9-5-2-6-10-14)12-11-13-7-3-1-4-8-13/h1-10H. The zero-order chi connectivity index (χ0) is 12.8. The van der Waals surface area contributed by atoms with Gasteiger partial charge in [-0.2, -0.15) is 0 Å². The molecule has 0 atom stereocenters. The summed E-state index contributed by atoms with van der Waals surface area (Å²) in [5.74, 6) is 6.34. The van der Waals surface area contributed by atoms with Crippen molar-refractivity contribution in [3.8, 4) is 11.8 Å². The summed E-state index contributed by atoms with van der Waals surface area (Å²) in [7, 11) is 0. The van der Waals surface area contributed by atoms with E-state index < -0.39 is 0 Å². The van der Waals surface area contributed by atoms with Crippen molar-refractivity contribution in [1.82, 2.24) is 0 Å². The Morgan fingerprint density at radius 2 is 1.33 bits per heavy atom. The van der Waals surface area contributed by atoms with Gasteiger partial charge < -0.3 is 0 Å². The maximum absolute atomic E-state index is 3.44. The van der Waals surface area contributed by atoms with Crippen LogP contribution in [0.3, 0.4) is 0 Å². The van der Waals surface area contributed by atoms with E-state index >= 15 is 0 Å². The van der Waals surface area contributed by atoms with E-state index in [2.05, 4.69) is 43.7 Å². The molecule has 0 heterocycles. The van der Waals surface area contributed by atoms with E-state index in [0.29, 0.717) is 0 Å². The van der Waals surface area contributed by atoms with Crippen LogP contribution in [0.2, 0.25) is 0 Å². The summed E-state index contributed by atoms with van der Waals surface area (Å²) in [6, 6.07) is 20.0. The van der Waals surface area contributed by atoms with Crippen LogP contribution in [0, 0.1) is 11.8 Å². The third-order valence-electron chi connectivity index (χ3n) is 2.36. The van der Waals surface area contributed by atoms with Gasteiger partial charge in [-0.3, -0.25) is 0 Å². The average molecular weight is 362 g/mol. The molecular formula is C16H10Br2. The molecule has 0 unspecified atom stereocenters. The summed E-state index contributed by atoms with van der Waals surface area (Å²) in [5.41, 5.74) is 3.04. The van der Waals surface area contributed by atoms with Crippen molar-refractivity contribution in [2.75, 3.05) is 0 Å². The normalized spacial score (nSPS) is 9.22. The van der Waals surface area contributed by atoms with E-state index in [9.17, 15) is 0 Å². The molecule has 88 valence electrons. The van der Waals surface area contributed by atoms with Crippen LogP contribution in [-0.2, 0) is 0 Å². The maximum atomic E-state index is 3.44. The summed E-state index contributed by atoms with van der Waals surface area (Å²) in [6.45, 7) is 0. The Bertz CT molecular complexity index is 598. The molecule has 0 nitrogen and oxygen atoms in total. The van der Waals surface area contributed by atoms with E-state index in [1.54, 1.807) is 0 Å². The Labute approximate surface area is 124 Å². The largest absolute Gasteiger partial charge is 0.0766 e. The third-order valence-corrected chi connectivity index (χ3v) is 3.15. The first-order valence-electron chi connectivity index (χ1n) is 5.45. The van der Waals surface area contributed by atoms with Crippen LogP contribution in [0.5, 0.6) is 0 Å². The van der Waals surface area contributed by atoms with Crippen molar-refractivity contribution >= 4 is 37.4 Å². The van der Waals surface area contributed by atoms with Crippen LogP contribution >= 0.6 is 31.9 Å². The Balaban J connectivity index is 2.37. The minimum atomic E-state index is 0.865. The molecule has 0 saturated heterocycles. The Kier molecular flexibility index (Phi) is 4.81. The number of hydrogen-bond acceptors (Lipinski definition) is 0. The summed E-state index contributed by atoms with van der Waals surface area (Å²) >= 11 is 6.89. The first kappa shape index (κ1) is 13.1. The van der Waals surface area contributed by atoms with Crippen molar-refractivity contribution in [3.63, 3.8) is 0 Å². The van der Waals surface area contributed by atoms with E-state index in [1.165, 1.54) is 0 Å². The van der Waals surface area contributed by atoms with Gasteiger partial charge in [0, 0.05) is 5.56 Å². The fourth-order valence-electron chi connectivity index (χ4n) is 1.49. The zero-order valence-corrected chi connectivity index (χ0v) is 12.7. The van der Waals surface area contributed by atoms with Gasteiger partial charge in [0.1, 0.15) is 0 Å². The molecule has 0 aliphatic carbocycles. The quantitative estimate of drug-likeness (QED) is 0.612. The van der Waals surface area contributed by atoms with Gasteiger partial charge >= 0.3 is 0 Å². The molecule has 0 amide bonds. The fraction of sp³-hybridized carbons (Fsp3) is 0. The van der Waals surface area contributed by atoms with Crippen molar-refractivity contribution in [2.24, 2.45) is 0 Å². The third kappa shape index (κ3) is 3.60. The van der Waals surface area contributed by atoms with Crippen LogP contribution in [0.4, 0.5) is 0 Å². The number of halogens is 2. The highest BCUT2D eigenvalue weighted by Gasteiger charge is 2.01. The van der Waals surface area contributed by atoms with Crippen LogP contribution in [-0.4, -0.2) is 0 Å². The summed E-state index contributed by atoms with van der Waals surface area (Å²) in [6.07, 6.45) is 0. The molecule has 2 heteroatoms. The minimum Gasteiger partial charge on any atom is -0.0622 e. The molecule has 0 aromatic heterocycles. The summed E-state index contributed by atoms with van der Waals surface area (Å²) < 4.78 is 0.865. The highest BCUT2D eigenvalue weighted by Crippen LogP contribution is 2.26. The molecule has 2 aromatic carbocycles. The van der Waals surface area contributed by atoms with Crippen LogP contribution < -0.4 is 0 Å². The van der Waals surface area contributed by atoms with E-state index in [1.807, 2.05) is 60.7 Å². The molecular weight excluding hydrogens is 352 g/mol. The van der Waals surface area contributed by atoms with Gasteiger partial charge in [-0.1, -0.05) is 60.4 Å². The van der Waals surface area contributed by atoms with Crippen LogP contribution in [0.15, 0.2) is 64.1 Å². The van der Waals surface area contributed by atoms with Gasteiger partial charge in [0.05, 0.1) is 8.96 Å². The molecule has 0 bridgehead atoms. The smallest absolute Gasteiger partial charge is 0.0622 e. The molecule has 0 fully saturated rings. The van der Waals surface area contributed by atoms with Gasteiger partial charge in [0.25, 0.3) is 0 Å². The lowest BCUT2D eigenvalue weighted by Crippen LogP contribution is -1.81. The molecule has 18 heavy (non-hydrogen) atoms. The molecule has 0 aliphatic rings. The molecule has 0 saturated carbocycles. The van der Waals surface area contributed by atoms with Gasteiger partial charge in [-0.05, 0) is 49.6 Å². The molecule has 0 aliphatic heterocycles. The lowest BCUT2D eigenvalue weighted by atomic mass is 10.1. The number of benzene rings is 2. The van der Waals surface area contributed by atoms with Gasteiger partial charge in [-0.15, -0.1) is 0 Å². The number of allylic oxidation sites excluding steroid dienone is 1. The van der Waals surface area contributed by atoms with Gasteiger partial charge in [0.15, 0.2) is 0 Å². The molecule has 2 aromatic rings. The minimum absolute atomic E-state index is 0.865. The average Bonchev–Trinajstić information content (AvgIpc) is 2.41. The van der Waals surface area contributed by atoms with Gasteiger partial charge in [-0.25, -0.2) is 0 Å². The van der Waals surface area contributed by atoms with Crippen LogP contribution in [0.1, 0.15) is 11.1 Å². The lowest BCUT2D eigenvalue weighted by molar-refractivity contribution is 1.63. The first-order chi connectivity index (χ1) is 8.77. The Hall–Kier alpha value is -1.30. The molecule has 0 N–H and O–H groups in total. The van der Waals surface area contributed by atoms with Crippen molar-refractivity contribution in [3.05, 3.63) is 75.2 Å². The second kappa shape index (κ2) is 6.58. The monoisotopic (exact) mass is 360 g/mol. The second-order valence-electron chi connectivity index (χ2n) is 3.62. The van der Waals surface area contributed by atoms with Crippen molar-refractivity contribution in [2.45, 2.75) is 0 Å². The number of rotatable bonds is 1. The Morgan fingerprint density at radius 1 is 0.778 bits per heavy atom. The van der Waals surface area contributed by atoms with Crippen LogP contribution in [0.25, 0.3) is 5.57 Å². The second-order valence-corrected chi connectivity index (χ2v) is 6.27. The fourth-order valence-corrected chi connectivity index (χ4v) is 2.15. The highest BCUT2D eigenvalue weighted by atomic mass is 79.9. The topological polar surface area (TPSA) is 0 Å². The molecule has 0 spiro atoms. The highest BCUT2D eigenvalue weighted by molar-refractivity contribution is 9.28. The summed E-state index contributed by atoms with van der Waals surface area (Å²) in [4.78, 5) is 0. The van der Waals surface area contributed by atoms with E-state index in [4.69, 9.17) is 0 Å². The Morgan fingerprint density at radius 3 is 1.89 bits per heavy atom. The maximum Gasteiger partial charge on any atom is 0.0766 e. The van der Waals surface area contributed by atoms with Crippen molar-refractivity contribution in [1.29, 1.82) is 0 Å². The van der Waals surface area contributed by atoms with Gasteiger partial charge in [0.2, 0.25) is 0 Å². The van der Waals surface area contributed by atoms with E-state index in [-0.39, 0.29) is 0 Å². The molecule has 2 rings (SSSR count). The zero-order valence-electron chi connectivity index (χ0n) is 9.53. The predicted molar refractivity (Wildman–Crippen MR) is 84.5 cm³/mol. The predicted octanol–water partition coefficient (Wildman–Crippen LogP) is 5.20. The number of hydrogen-bond donors (Lipinski definition) is 0. The summed E-state index contributed by atoms with van der Waals surface area (Å²) in [5, 5.41) is 0.